The lowest BCUT2D eigenvalue weighted by molar-refractivity contribution is 0.261. The topological polar surface area (TPSA) is 89.8 Å². The summed E-state index contributed by atoms with van der Waals surface area (Å²) in [7, 11) is 1.87. The van der Waals surface area contributed by atoms with E-state index in [0.717, 1.165) is 22.7 Å². The molecule has 0 aliphatic heterocycles. The molecule has 0 unspecified atom stereocenters. The maximum atomic E-state index is 8.80. The second-order valence-electron chi connectivity index (χ2n) is 5.10. The van der Waals surface area contributed by atoms with Gasteiger partial charge in [0.2, 0.25) is 5.89 Å². The molecule has 2 heterocycles. The van der Waals surface area contributed by atoms with E-state index < -0.39 is 0 Å². The number of rotatable bonds is 4. The molecule has 0 aliphatic rings. The van der Waals surface area contributed by atoms with Gasteiger partial charge in [0.25, 0.3) is 5.89 Å². The average Bonchev–Trinajstić information content (AvgIpc) is 3.12. The van der Waals surface area contributed by atoms with Crippen LogP contribution in [0.15, 0.2) is 28.7 Å². The van der Waals surface area contributed by atoms with E-state index in [1.54, 1.807) is 28.9 Å². The third kappa shape index (κ3) is 2.92. The van der Waals surface area contributed by atoms with Gasteiger partial charge in [-0.1, -0.05) is 0 Å². The summed E-state index contributed by atoms with van der Waals surface area (Å²) >= 11 is 0. The second kappa shape index (κ2) is 5.93. The fourth-order valence-electron chi connectivity index (χ4n) is 2.21. The molecular weight excluding hydrogens is 294 g/mol. The Morgan fingerprint density at radius 1 is 1.22 bits per heavy atom. The van der Waals surface area contributed by atoms with Crippen LogP contribution in [0.5, 0.6) is 5.75 Å². The number of aromatic nitrogens is 4. The number of nitriles is 1. The molecule has 0 atom stereocenters. The summed E-state index contributed by atoms with van der Waals surface area (Å²) in [5.41, 5.74) is 3.10. The summed E-state index contributed by atoms with van der Waals surface area (Å²) in [5, 5.41) is 21.1. The predicted molar refractivity (Wildman–Crippen MR) is 81.5 cm³/mol. The summed E-state index contributed by atoms with van der Waals surface area (Å²) in [4.78, 5) is 0. The highest BCUT2D eigenvalue weighted by Gasteiger charge is 2.13. The van der Waals surface area contributed by atoms with E-state index in [9.17, 15) is 0 Å². The first-order valence-corrected chi connectivity index (χ1v) is 7.04. The maximum absolute atomic E-state index is 8.80. The van der Waals surface area contributed by atoms with Gasteiger partial charge in [-0.25, -0.2) is 0 Å². The highest BCUT2D eigenvalue weighted by atomic mass is 16.5. The van der Waals surface area contributed by atoms with Gasteiger partial charge >= 0.3 is 0 Å². The van der Waals surface area contributed by atoms with Gasteiger partial charge < -0.3 is 9.15 Å². The Balaban J connectivity index is 1.73. The van der Waals surface area contributed by atoms with Crippen molar-refractivity contribution in [1.29, 1.82) is 5.26 Å². The summed E-state index contributed by atoms with van der Waals surface area (Å²) in [5.74, 6) is 1.50. The molecule has 7 nitrogen and oxygen atoms in total. The molecule has 0 aliphatic carbocycles. The Morgan fingerprint density at radius 2 is 1.96 bits per heavy atom. The first-order chi connectivity index (χ1) is 11.1. The quantitative estimate of drug-likeness (QED) is 0.735. The van der Waals surface area contributed by atoms with E-state index in [1.165, 1.54) is 0 Å². The first-order valence-electron chi connectivity index (χ1n) is 7.04. The molecule has 0 amide bonds. The summed E-state index contributed by atoms with van der Waals surface area (Å²) in [6.45, 7) is 4.00. The van der Waals surface area contributed by atoms with Crippen LogP contribution < -0.4 is 4.74 Å². The van der Waals surface area contributed by atoms with Crippen LogP contribution in [0.4, 0.5) is 0 Å². The molecular formula is C16H15N5O2. The number of ether oxygens (including phenoxy) is 1. The van der Waals surface area contributed by atoms with Gasteiger partial charge in [0.05, 0.1) is 17.3 Å². The Bertz CT molecular complexity index is 871. The monoisotopic (exact) mass is 309 g/mol. The normalized spacial score (nSPS) is 10.5. The molecule has 3 aromatic rings. The van der Waals surface area contributed by atoms with Crippen molar-refractivity contribution in [2.24, 2.45) is 7.05 Å². The summed E-state index contributed by atoms with van der Waals surface area (Å²) in [6, 6.07) is 9.02. The van der Waals surface area contributed by atoms with Crippen LogP contribution >= 0.6 is 0 Å². The van der Waals surface area contributed by atoms with Crippen LogP contribution in [0, 0.1) is 25.2 Å². The third-order valence-corrected chi connectivity index (χ3v) is 3.51. The number of aryl methyl sites for hydroxylation is 2. The fourth-order valence-corrected chi connectivity index (χ4v) is 2.21. The van der Waals surface area contributed by atoms with Crippen molar-refractivity contribution in [1.82, 2.24) is 20.0 Å². The van der Waals surface area contributed by atoms with Gasteiger partial charge in [-0.05, 0) is 38.1 Å². The van der Waals surface area contributed by atoms with E-state index in [4.69, 9.17) is 14.4 Å². The van der Waals surface area contributed by atoms with Gasteiger partial charge in [0, 0.05) is 12.6 Å². The molecule has 0 saturated heterocycles. The molecule has 0 spiro atoms. The number of nitrogens with zero attached hydrogens (tertiary/aromatic N) is 5. The molecule has 2 aromatic heterocycles. The van der Waals surface area contributed by atoms with Crippen molar-refractivity contribution in [3.8, 4) is 23.3 Å². The lowest BCUT2D eigenvalue weighted by Crippen LogP contribution is -1.98. The van der Waals surface area contributed by atoms with Crippen LogP contribution in [0.25, 0.3) is 11.5 Å². The molecule has 0 N–H and O–H groups in total. The van der Waals surface area contributed by atoms with Crippen molar-refractivity contribution in [2.75, 3.05) is 0 Å². The van der Waals surface area contributed by atoms with Crippen LogP contribution in [0.3, 0.4) is 0 Å². The molecule has 3 rings (SSSR count). The molecule has 1 aromatic carbocycles. The lowest BCUT2D eigenvalue weighted by atomic mass is 10.1. The second-order valence-corrected chi connectivity index (χ2v) is 5.10. The van der Waals surface area contributed by atoms with E-state index in [-0.39, 0.29) is 6.61 Å². The van der Waals surface area contributed by atoms with E-state index in [0.29, 0.717) is 17.3 Å². The zero-order chi connectivity index (χ0) is 16.4. The molecule has 0 bridgehead atoms. The molecule has 23 heavy (non-hydrogen) atoms. The highest BCUT2D eigenvalue weighted by molar-refractivity contribution is 5.54. The number of hydrogen-bond acceptors (Lipinski definition) is 6. The van der Waals surface area contributed by atoms with E-state index >= 15 is 0 Å². The van der Waals surface area contributed by atoms with Crippen LogP contribution in [-0.4, -0.2) is 20.0 Å². The summed E-state index contributed by atoms with van der Waals surface area (Å²) < 4.78 is 13.1. The van der Waals surface area contributed by atoms with Crippen molar-refractivity contribution >= 4 is 0 Å². The predicted octanol–water partition coefficient (Wildman–Crippen LogP) is 2.54. The molecule has 7 heteroatoms. The minimum absolute atomic E-state index is 0.177. The number of hydrogen-bond donors (Lipinski definition) is 0. The van der Waals surface area contributed by atoms with Crippen molar-refractivity contribution in [3.05, 3.63) is 47.1 Å². The van der Waals surface area contributed by atoms with Crippen molar-refractivity contribution in [3.63, 3.8) is 0 Å². The molecule has 0 saturated carbocycles. The Labute approximate surface area is 133 Å². The maximum Gasteiger partial charge on any atom is 0.254 e. The van der Waals surface area contributed by atoms with Gasteiger partial charge in [-0.2, -0.15) is 10.4 Å². The van der Waals surface area contributed by atoms with Gasteiger partial charge in [0.1, 0.15) is 5.69 Å². The SMILES string of the molecule is Cc1nn(C)c(C)c1OCc1nnc(-c2ccc(C#N)cc2)o1. The van der Waals surface area contributed by atoms with Gasteiger partial charge in [-0.15, -0.1) is 10.2 Å². The molecule has 116 valence electrons. The van der Waals surface area contributed by atoms with Gasteiger partial charge in [-0.3, -0.25) is 4.68 Å². The zero-order valence-corrected chi connectivity index (χ0v) is 13.1. The smallest absolute Gasteiger partial charge is 0.254 e. The lowest BCUT2D eigenvalue weighted by Gasteiger charge is -2.03. The van der Waals surface area contributed by atoms with E-state index in [2.05, 4.69) is 21.4 Å². The minimum Gasteiger partial charge on any atom is -0.480 e. The fraction of sp³-hybridized carbons (Fsp3) is 0.250. The van der Waals surface area contributed by atoms with Crippen LogP contribution in [0.1, 0.15) is 22.8 Å². The average molecular weight is 309 g/mol. The summed E-state index contributed by atoms with van der Waals surface area (Å²) in [6.07, 6.45) is 0. The first kappa shape index (κ1) is 14.8. The largest absolute Gasteiger partial charge is 0.480 e. The third-order valence-electron chi connectivity index (χ3n) is 3.51. The highest BCUT2D eigenvalue weighted by Crippen LogP contribution is 2.23. The molecule has 0 radical (unpaired) electrons. The van der Waals surface area contributed by atoms with Crippen LogP contribution in [-0.2, 0) is 13.7 Å². The van der Waals surface area contributed by atoms with Crippen molar-refractivity contribution < 1.29 is 9.15 Å². The van der Waals surface area contributed by atoms with Crippen LogP contribution in [0.2, 0.25) is 0 Å². The van der Waals surface area contributed by atoms with Crippen molar-refractivity contribution in [2.45, 2.75) is 20.5 Å². The van der Waals surface area contributed by atoms with Gasteiger partial charge in [0.15, 0.2) is 12.4 Å². The standard InChI is InChI=1S/C16H15N5O2/c1-10-15(11(2)21(3)20-10)22-9-14-18-19-16(23-14)13-6-4-12(8-17)5-7-13/h4-7H,9H2,1-3H3. The Kier molecular flexibility index (Phi) is 3.81. The van der Waals surface area contributed by atoms with E-state index in [1.807, 2.05) is 20.9 Å². The minimum atomic E-state index is 0.177. The zero-order valence-electron chi connectivity index (χ0n) is 13.1. The number of benzene rings is 1. The molecule has 0 fully saturated rings. The Morgan fingerprint density at radius 3 is 2.57 bits per heavy atom. The Hall–Kier alpha value is -3.14.